The number of nitrogens with zero attached hydrogens (tertiary/aromatic N) is 2. The number of hydrogen-bond donors (Lipinski definition) is 2. The van der Waals surface area contributed by atoms with E-state index in [4.69, 9.17) is 0 Å². The second kappa shape index (κ2) is 4.99. The third-order valence-corrected chi connectivity index (χ3v) is 5.11. The van der Waals surface area contributed by atoms with Crippen LogP contribution in [0.4, 0.5) is 0 Å². The lowest BCUT2D eigenvalue weighted by Gasteiger charge is -2.26. The Bertz CT molecular complexity index is 530. The molecule has 6 nitrogen and oxygen atoms in total. The highest BCUT2D eigenvalue weighted by atomic mass is 32.2. The molecule has 1 aromatic heterocycles. The fraction of sp³-hybridized carbons (Fsp3) is 0.727. The maximum atomic E-state index is 12.3. The van der Waals surface area contributed by atoms with Crippen LogP contribution in [0.15, 0.2) is 4.90 Å². The Kier molecular flexibility index (Phi) is 4.19. The van der Waals surface area contributed by atoms with E-state index >= 15 is 0 Å². The molecule has 0 saturated heterocycles. The van der Waals surface area contributed by atoms with Crippen LogP contribution < -0.4 is 4.72 Å². The summed E-state index contributed by atoms with van der Waals surface area (Å²) < 4.78 is 28.8. The lowest BCUT2D eigenvalue weighted by atomic mass is 10.0. The van der Waals surface area contributed by atoms with Crippen LogP contribution in [0, 0.1) is 13.8 Å². The number of aromatic nitrogens is 2. The SMILES string of the molecule is CCC(C)(CO)NS(=O)(=O)c1c(C)nn(C)c1C. The molecule has 1 rings (SSSR count). The van der Waals surface area contributed by atoms with Crippen molar-refractivity contribution in [1.29, 1.82) is 0 Å². The molecule has 1 unspecified atom stereocenters. The zero-order valence-electron chi connectivity index (χ0n) is 11.5. The first-order valence-corrected chi connectivity index (χ1v) is 7.30. The molecule has 1 heterocycles. The summed E-state index contributed by atoms with van der Waals surface area (Å²) in [4.78, 5) is 0.193. The Labute approximate surface area is 108 Å². The van der Waals surface area contributed by atoms with E-state index in [9.17, 15) is 13.5 Å². The van der Waals surface area contributed by atoms with Gasteiger partial charge in [-0.25, -0.2) is 13.1 Å². The van der Waals surface area contributed by atoms with E-state index in [1.807, 2.05) is 6.92 Å². The van der Waals surface area contributed by atoms with E-state index in [0.29, 0.717) is 17.8 Å². The molecule has 18 heavy (non-hydrogen) atoms. The first-order chi connectivity index (χ1) is 8.17. The van der Waals surface area contributed by atoms with E-state index in [0.717, 1.165) is 0 Å². The molecule has 2 N–H and O–H groups in total. The molecule has 0 aromatic carbocycles. The van der Waals surface area contributed by atoms with Gasteiger partial charge in [0.05, 0.1) is 23.5 Å². The van der Waals surface area contributed by atoms with E-state index in [2.05, 4.69) is 9.82 Å². The Morgan fingerprint density at radius 1 is 1.44 bits per heavy atom. The van der Waals surface area contributed by atoms with Gasteiger partial charge >= 0.3 is 0 Å². The molecular formula is C11H21N3O3S. The highest BCUT2D eigenvalue weighted by Gasteiger charge is 2.31. The van der Waals surface area contributed by atoms with Gasteiger partial charge in [-0.2, -0.15) is 5.10 Å². The lowest BCUT2D eigenvalue weighted by molar-refractivity contribution is 0.191. The Morgan fingerprint density at radius 2 is 2.00 bits per heavy atom. The van der Waals surface area contributed by atoms with Gasteiger partial charge in [0.15, 0.2) is 0 Å². The van der Waals surface area contributed by atoms with Gasteiger partial charge in [-0.15, -0.1) is 0 Å². The van der Waals surface area contributed by atoms with E-state index in [-0.39, 0.29) is 11.5 Å². The second-order valence-electron chi connectivity index (χ2n) is 4.80. The Morgan fingerprint density at radius 3 is 2.33 bits per heavy atom. The molecule has 104 valence electrons. The third-order valence-electron chi connectivity index (χ3n) is 3.22. The van der Waals surface area contributed by atoms with E-state index in [1.54, 1.807) is 27.8 Å². The van der Waals surface area contributed by atoms with Gasteiger partial charge in [0.1, 0.15) is 4.90 Å². The van der Waals surface area contributed by atoms with Crippen molar-refractivity contribution in [3.63, 3.8) is 0 Å². The summed E-state index contributed by atoms with van der Waals surface area (Å²) in [6, 6.07) is 0. The van der Waals surface area contributed by atoms with Crippen molar-refractivity contribution in [3.8, 4) is 0 Å². The number of aryl methyl sites for hydroxylation is 2. The van der Waals surface area contributed by atoms with Crippen molar-refractivity contribution < 1.29 is 13.5 Å². The molecule has 0 aliphatic carbocycles. The largest absolute Gasteiger partial charge is 0.394 e. The molecule has 0 aliphatic rings. The normalized spacial score (nSPS) is 15.7. The van der Waals surface area contributed by atoms with Gasteiger partial charge in [-0.05, 0) is 27.2 Å². The maximum Gasteiger partial charge on any atom is 0.244 e. The average Bonchev–Trinajstić information content (AvgIpc) is 2.52. The molecule has 0 spiro atoms. The molecule has 1 aromatic rings. The van der Waals surface area contributed by atoms with Gasteiger partial charge in [-0.3, -0.25) is 4.68 Å². The second-order valence-corrected chi connectivity index (χ2v) is 6.42. The Hall–Kier alpha value is -0.920. The number of aliphatic hydroxyl groups excluding tert-OH is 1. The number of aliphatic hydroxyl groups is 1. The summed E-state index contributed by atoms with van der Waals surface area (Å²) in [5, 5.41) is 13.4. The van der Waals surface area contributed by atoms with E-state index < -0.39 is 15.6 Å². The summed E-state index contributed by atoms with van der Waals surface area (Å²) >= 11 is 0. The minimum Gasteiger partial charge on any atom is -0.394 e. The molecule has 0 bridgehead atoms. The number of rotatable bonds is 5. The first kappa shape index (κ1) is 15.1. The van der Waals surface area contributed by atoms with Crippen LogP contribution >= 0.6 is 0 Å². The summed E-state index contributed by atoms with van der Waals surface area (Å²) in [5.41, 5.74) is 0.184. The third kappa shape index (κ3) is 2.73. The van der Waals surface area contributed by atoms with Gasteiger partial charge in [0.2, 0.25) is 10.0 Å². The van der Waals surface area contributed by atoms with Gasteiger partial charge in [-0.1, -0.05) is 6.92 Å². The molecule has 0 saturated carbocycles. The van der Waals surface area contributed by atoms with Crippen molar-refractivity contribution in [2.24, 2.45) is 7.05 Å². The fourth-order valence-electron chi connectivity index (χ4n) is 1.73. The predicted octanol–water partition coefficient (Wildman–Crippen LogP) is 0.476. The fourth-order valence-corrected chi connectivity index (χ4v) is 3.65. The Balaban J connectivity index is 3.23. The van der Waals surface area contributed by atoms with Crippen molar-refractivity contribution >= 4 is 10.0 Å². The van der Waals surface area contributed by atoms with Crippen LogP contribution in [-0.4, -0.2) is 35.5 Å². The quantitative estimate of drug-likeness (QED) is 0.818. The zero-order valence-corrected chi connectivity index (χ0v) is 12.3. The summed E-state index contributed by atoms with van der Waals surface area (Å²) in [7, 11) is -1.98. The zero-order chi connectivity index (χ0) is 14.1. The number of sulfonamides is 1. The lowest BCUT2D eigenvalue weighted by Crippen LogP contribution is -2.48. The smallest absolute Gasteiger partial charge is 0.244 e. The molecule has 0 fully saturated rings. The highest BCUT2D eigenvalue weighted by Crippen LogP contribution is 2.21. The summed E-state index contributed by atoms with van der Waals surface area (Å²) in [6.07, 6.45) is 0.501. The van der Waals surface area contributed by atoms with Crippen LogP contribution in [0.25, 0.3) is 0 Å². The van der Waals surface area contributed by atoms with Gasteiger partial charge in [0.25, 0.3) is 0 Å². The highest BCUT2D eigenvalue weighted by molar-refractivity contribution is 7.89. The number of hydrogen-bond acceptors (Lipinski definition) is 4. The molecule has 7 heteroatoms. The number of nitrogens with one attached hydrogen (secondary N) is 1. The first-order valence-electron chi connectivity index (χ1n) is 5.82. The van der Waals surface area contributed by atoms with Crippen molar-refractivity contribution in [3.05, 3.63) is 11.4 Å². The van der Waals surface area contributed by atoms with Crippen LogP contribution in [0.5, 0.6) is 0 Å². The molecule has 0 amide bonds. The molecular weight excluding hydrogens is 254 g/mol. The van der Waals surface area contributed by atoms with E-state index in [1.165, 1.54) is 4.68 Å². The monoisotopic (exact) mass is 275 g/mol. The standard InChI is InChI=1S/C11H21N3O3S/c1-6-11(4,7-15)13-18(16,17)10-8(2)12-14(5)9(10)3/h13,15H,6-7H2,1-5H3. The topological polar surface area (TPSA) is 84.2 Å². The maximum absolute atomic E-state index is 12.3. The van der Waals surface area contributed by atoms with Gasteiger partial charge in [0, 0.05) is 7.05 Å². The van der Waals surface area contributed by atoms with Crippen LogP contribution in [0.2, 0.25) is 0 Å². The minimum absolute atomic E-state index is 0.193. The molecule has 0 aliphatic heterocycles. The molecule has 0 radical (unpaired) electrons. The van der Waals surface area contributed by atoms with Crippen LogP contribution in [0.3, 0.4) is 0 Å². The summed E-state index contributed by atoms with van der Waals surface area (Å²) in [5.74, 6) is 0. The van der Waals surface area contributed by atoms with Crippen molar-refractivity contribution in [1.82, 2.24) is 14.5 Å². The van der Waals surface area contributed by atoms with Crippen molar-refractivity contribution in [2.45, 2.75) is 44.6 Å². The van der Waals surface area contributed by atoms with Crippen molar-refractivity contribution in [2.75, 3.05) is 6.61 Å². The average molecular weight is 275 g/mol. The van der Waals surface area contributed by atoms with Gasteiger partial charge < -0.3 is 5.11 Å². The van der Waals surface area contributed by atoms with Crippen LogP contribution in [0.1, 0.15) is 31.7 Å². The van der Waals surface area contributed by atoms with Crippen LogP contribution in [-0.2, 0) is 17.1 Å². The summed E-state index contributed by atoms with van der Waals surface area (Å²) in [6.45, 7) is 6.61. The predicted molar refractivity (Wildman–Crippen MR) is 68.8 cm³/mol. The molecule has 1 atom stereocenters. The minimum atomic E-state index is -3.68.